The van der Waals surface area contributed by atoms with E-state index in [9.17, 15) is 0 Å². The number of aryl methyl sites for hydroxylation is 1. The van der Waals surface area contributed by atoms with Crippen molar-refractivity contribution in [2.45, 2.75) is 20.8 Å². The summed E-state index contributed by atoms with van der Waals surface area (Å²) in [7, 11) is 0. The predicted molar refractivity (Wildman–Crippen MR) is 109 cm³/mol. The van der Waals surface area contributed by atoms with Crippen molar-refractivity contribution in [2.24, 2.45) is 4.99 Å². The second-order valence-corrected chi connectivity index (χ2v) is 6.96. The molecule has 0 fully saturated rings. The van der Waals surface area contributed by atoms with Crippen LogP contribution in [0.15, 0.2) is 65.7 Å². The molecule has 0 bridgehead atoms. The second-order valence-electron chi connectivity index (χ2n) is 5.76. The van der Waals surface area contributed by atoms with Gasteiger partial charge in [0.05, 0.1) is 21.3 Å². The van der Waals surface area contributed by atoms with E-state index >= 15 is 0 Å². The Bertz CT molecular complexity index is 920. The van der Waals surface area contributed by atoms with Crippen molar-refractivity contribution < 1.29 is 0 Å². The van der Waals surface area contributed by atoms with Gasteiger partial charge in [0.1, 0.15) is 5.82 Å². The molecule has 0 saturated carbocycles. The number of benzene rings is 2. The summed E-state index contributed by atoms with van der Waals surface area (Å²) in [5.41, 5.74) is 11.3. The number of nitrogens with zero attached hydrogens (tertiary/aromatic N) is 2. The molecule has 3 nitrogen and oxygen atoms in total. The molecule has 0 aliphatic heterocycles. The highest BCUT2D eigenvalue weighted by atomic mass is 32.1. The zero-order chi connectivity index (χ0) is 17.8. The number of nitrogen functional groups attached to an aromatic ring is 1. The van der Waals surface area contributed by atoms with Gasteiger partial charge >= 0.3 is 0 Å². The van der Waals surface area contributed by atoms with Gasteiger partial charge in [0, 0.05) is 0 Å². The number of hydrogen-bond donors (Lipinski definition) is 1. The van der Waals surface area contributed by atoms with Crippen molar-refractivity contribution in [1.82, 2.24) is 4.98 Å². The Morgan fingerprint density at radius 2 is 1.68 bits per heavy atom. The SMILES string of the molecule is C/C=C(\N=C(C)c1sc(C)nc1N)c1ccc(-c2ccccc2)cc1. The third-order valence-corrected chi connectivity index (χ3v) is 5.03. The minimum Gasteiger partial charge on any atom is -0.382 e. The number of thiazole rings is 1. The molecule has 25 heavy (non-hydrogen) atoms. The van der Waals surface area contributed by atoms with E-state index in [1.807, 2.05) is 32.9 Å². The lowest BCUT2D eigenvalue weighted by Gasteiger charge is -2.06. The van der Waals surface area contributed by atoms with Crippen LogP contribution in [0.25, 0.3) is 16.8 Å². The third kappa shape index (κ3) is 3.86. The number of allylic oxidation sites excluding steroid dienone is 1. The fourth-order valence-corrected chi connectivity index (χ4v) is 3.48. The van der Waals surface area contributed by atoms with Crippen molar-refractivity contribution in [2.75, 3.05) is 5.73 Å². The van der Waals surface area contributed by atoms with Gasteiger partial charge in [-0.05, 0) is 37.5 Å². The number of aliphatic imine (C=N–C) groups is 1. The Morgan fingerprint density at radius 3 is 2.24 bits per heavy atom. The van der Waals surface area contributed by atoms with Gasteiger partial charge in [-0.2, -0.15) is 0 Å². The Labute approximate surface area is 152 Å². The predicted octanol–water partition coefficient (Wildman–Crippen LogP) is 5.57. The molecule has 4 heteroatoms. The Kier molecular flexibility index (Phi) is 5.10. The van der Waals surface area contributed by atoms with E-state index in [0.717, 1.165) is 26.9 Å². The van der Waals surface area contributed by atoms with E-state index in [1.54, 1.807) is 11.3 Å². The van der Waals surface area contributed by atoms with Gasteiger partial charge in [0.25, 0.3) is 0 Å². The van der Waals surface area contributed by atoms with Gasteiger partial charge in [-0.25, -0.2) is 4.98 Å². The van der Waals surface area contributed by atoms with Crippen LogP contribution in [0.4, 0.5) is 5.82 Å². The maximum atomic E-state index is 5.98. The minimum atomic E-state index is 0.554. The molecule has 0 unspecified atom stereocenters. The standard InChI is InChI=1S/C21H21N3S/c1-4-19(23-14(2)20-21(22)24-15(3)25-20)18-12-10-17(11-13-18)16-8-6-5-7-9-16/h4-13H,22H2,1-3H3/b19-4-,23-14?. The molecule has 0 radical (unpaired) electrons. The van der Waals surface area contributed by atoms with E-state index in [-0.39, 0.29) is 0 Å². The summed E-state index contributed by atoms with van der Waals surface area (Å²) < 4.78 is 0. The number of rotatable bonds is 4. The largest absolute Gasteiger partial charge is 0.382 e. The molecule has 0 aliphatic carbocycles. The van der Waals surface area contributed by atoms with Gasteiger partial charge in [-0.1, -0.05) is 60.7 Å². The van der Waals surface area contributed by atoms with E-state index < -0.39 is 0 Å². The third-order valence-electron chi connectivity index (χ3n) is 3.94. The lowest BCUT2D eigenvalue weighted by Crippen LogP contribution is -1.98. The summed E-state index contributed by atoms with van der Waals surface area (Å²) in [4.78, 5) is 10.0. The van der Waals surface area contributed by atoms with E-state index in [1.165, 1.54) is 11.1 Å². The topological polar surface area (TPSA) is 51.3 Å². The van der Waals surface area contributed by atoms with Crippen LogP contribution in [0, 0.1) is 6.92 Å². The summed E-state index contributed by atoms with van der Waals surface area (Å²) in [6.07, 6.45) is 2.02. The maximum absolute atomic E-state index is 5.98. The van der Waals surface area contributed by atoms with Crippen LogP contribution in [0.2, 0.25) is 0 Å². The van der Waals surface area contributed by atoms with Gasteiger partial charge in [-0.15, -0.1) is 11.3 Å². The van der Waals surface area contributed by atoms with Gasteiger partial charge in [0.15, 0.2) is 0 Å². The first kappa shape index (κ1) is 17.1. The first-order chi connectivity index (χ1) is 12.1. The molecule has 1 aromatic heterocycles. The van der Waals surface area contributed by atoms with E-state index in [4.69, 9.17) is 10.7 Å². The van der Waals surface area contributed by atoms with E-state index in [0.29, 0.717) is 5.82 Å². The Morgan fingerprint density at radius 1 is 1.04 bits per heavy atom. The normalized spacial score (nSPS) is 12.4. The lowest BCUT2D eigenvalue weighted by atomic mass is 10.0. The van der Waals surface area contributed by atoms with Crippen LogP contribution in [0.5, 0.6) is 0 Å². The first-order valence-electron chi connectivity index (χ1n) is 8.19. The fraction of sp³-hybridized carbons (Fsp3) is 0.143. The smallest absolute Gasteiger partial charge is 0.143 e. The molecule has 0 saturated heterocycles. The molecule has 0 atom stereocenters. The summed E-state index contributed by atoms with van der Waals surface area (Å²) in [6, 6.07) is 18.8. The van der Waals surface area contributed by atoms with Crippen molar-refractivity contribution in [3.63, 3.8) is 0 Å². The molecule has 2 aromatic carbocycles. The number of nitrogens with two attached hydrogens (primary N) is 1. The highest BCUT2D eigenvalue weighted by Crippen LogP contribution is 2.26. The van der Waals surface area contributed by atoms with Gasteiger partial charge in [0.2, 0.25) is 0 Å². The molecule has 0 aliphatic rings. The highest BCUT2D eigenvalue weighted by molar-refractivity contribution is 7.14. The van der Waals surface area contributed by atoms with Crippen LogP contribution >= 0.6 is 11.3 Å². The molecule has 3 rings (SSSR count). The van der Waals surface area contributed by atoms with Crippen LogP contribution in [-0.2, 0) is 0 Å². The van der Waals surface area contributed by atoms with Crippen molar-refractivity contribution in [1.29, 1.82) is 0 Å². The van der Waals surface area contributed by atoms with Crippen LogP contribution in [0.3, 0.4) is 0 Å². The van der Waals surface area contributed by atoms with Gasteiger partial charge in [-0.3, -0.25) is 4.99 Å². The molecule has 3 aromatic rings. The number of anilines is 1. The Balaban J connectivity index is 1.89. The van der Waals surface area contributed by atoms with Crippen LogP contribution < -0.4 is 5.73 Å². The molecule has 126 valence electrons. The first-order valence-corrected chi connectivity index (χ1v) is 9.01. The van der Waals surface area contributed by atoms with Crippen LogP contribution in [-0.4, -0.2) is 10.7 Å². The number of aromatic nitrogens is 1. The second kappa shape index (κ2) is 7.45. The molecule has 1 heterocycles. The lowest BCUT2D eigenvalue weighted by molar-refractivity contribution is 1.30. The number of hydrogen-bond acceptors (Lipinski definition) is 4. The molecule has 2 N–H and O–H groups in total. The highest BCUT2D eigenvalue weighted by Gasteiger charge is 2.10. The van der Waals surface area contributed by atoms with Crippen LogP contribution in [0.1, 0.15) is 29.3 Å². The molecular formula is C21H21N3S. The monoisotopic (exact) mass is 347 g/mol. The molecule has 0 amide bonds. The summed E-state index contributed by atoms with van der Waals surface area (Å²) in [5, 5.41) is 0.955. The zero-order valence-corrected chi connectivity index (χ0v) is 15.5. The Hall–Kier alpha value is -2.72. The summed E-state index contributed by atoms with van der Waals surface area (Å²) in [5.74, 6) is 0.554. The summed E-state index contributed by atoms with van der Waals surface area (Å²) in [6.45, 7) is 5.93. The van der Waals surface area contributed by atoms with Gasteiger partial charge < -0.3 is 5.73 Å². The minimum absolute atomic E-state index is 0.554. The average Bonchev–Trinajstić information content (AvgIpc) is 2.99. The molecular weight excluding hydrogens is 326 g/mol. The van der Waals surface area contributed by atoms with E-state index in [2.05, 4.69) is 53.5 Å². The summed E-state index contributed by atoms with van der Waals surface area (Å²) >= 11 is 1.58. The van der Waals surface area contributed by atoms with Crippen molar-refractivity contribution in [3.05, 3.63) is 76.1 Å². The van der Waals surface area contributed by atoms with Crippen molar-refractivity contribution in [3.8, 4) is 11.1 Å². The maximum Gasteiger partial charge on any atom is 0.143 e. The zero-order valence-electron chi connectivity index (χ0n) is 14.7. The fourth-order valence-electron chi connectivity index (χ4n) is 2.69. The average molecular weight is 347 g/mol. The van der Waals surface area contributed by atoms with Crippen molar-refractivity contribution >= 4 is 28.6 Å². The molecule has 0 spiro atoms. The quantitative estimate of drug-likeness (QED) is 0.627.